The fourth-order valence-electron chi connectivity index (χ4n) is 1.59. The minimum atomic E-state index is -0.246. The van der Waals surface area contributed by atoms with Gasteiger partial charge in [-0.3, -0.25) is 4.79 Å². The van der Waals surface area contributed by atoms with E-state index in [0.717, 1.165) is 0 Å². The van der Waals surface area contributed by atoms with E-state index >= 15 is 0 Å². The van der Waals surface area contributed by atoms with Gasteiger partial charge < -0.3 is 10.4 Å². The molecular formula is C15H13NO2. The highest BCUT2D eigenvalue weighted by atomic mass is 16.3. The highest BCUT2D eigenvalue weighted by Crippen LogP contribution is 2.21. The first kappa shape index (κ1) is 11.9. The lowest BCUT2D eigenvalue weighted by Crippen LogP contribution is -2.21. The van der Waals surface area contributed by atoms with Gasteiger partial charge in [-0.1, -0.05) is 36.9 Å². The molecule has 0 aliphatic heterocycles. The Morgan fingerprint density at radius 1 is 1.00 bits per heavy atom. The molecule has 0 saturated carbocycles. The van der Waals surface area contributed by atoms with Gasteiger partial charge in [0.25, 0.3) is 5.91 Å². The predicted octanol–water partition coefficient (Wildman–Crippen LogP) is 2.79. The minimum Gasteiger partial charge on any atom is -0.507 e. The Kier molecular flexibility index (Phi) is 3.44. The minimum absolute atomic E-state index is 0.0934. The van der Waals surface area contributed by atoms with Crippen molar-refractivity contribution in [1.29, 1.82) is 0 Å². The van der Waals surface area contributed by atoms with Gasteiger partial charge in [0.15, 0.2) is 0 Å². The normalized spacial score (nSPS) is 9.78. The van der Waals surface area contributed by atoms with E-state index in [0.29, 0.717) is 16.8 Å². The summed E-state index contributed by atoms with van der Waals surface area (Å²) < 4.78 is 0. The van der Waals surface area contributed by atoms with Crippen LogP contribution in [0.5, 0.6) is 5.75 Å². The number of nitrogens with one attached hydrogen (secondary N) is 1. The van der Waals surface area contributed by atoms with E-state index in [1.54, 1.807) is 48.5 Å². The molecule has 2 aromatic rings. The van der Waals surface area contributed by atoms with Crippen LogP contribution >= 0.6 is 0 Å². The highest BCUT2D eigenvalue weighted by molar-refractivity contribution is 5.99. The van der Waals surface area contributed by atoms with Gasteiger partial charge in [0.1, 0.15) is 5.75 Å². The Bertz CT molecular complexity index is 576. The number of phenols is 1. The number of carbonyl (C=O) groups excluding carboxylic acids is 1. The molecule has 0 unspecified atom stereocenters. The van der Waals surface area contributed by atoms with Crippen molar-refractivity contribution >= 4 is 11.6 Å². The smallest absolute Gasteiger partial charge is 0.255 e. The average Bonchev–Trinajstić information content (AvgIpc) is 2.40. The second-order valence-corrected chi connectivity index (χ2v) is 3.82. The summed E-state index contributed by atoms with van der Waals surface area (Å²) in [4.78, 5) is 11.9. The first-order chi connectivity index (χ1) is 8.68. The fraction of sp³-hybridized carbons (Fsp3) is 0. The molecule has 3 nitrogen and oxygen atoms in total. The molecule has 0 atom stereocenters. The Hall–Kier alpha value is -2.55. The maximum atomic E-state index is 11.9. The maximum absolute atomic E-state index is 11.9. The van der Waals surface area contributed by atoms with Gasteiger partial charge in [0.2, 0.25) is 0 Å². The molecule has 2 rings (SSSR count). The largest absolute Gasteiger partial charge is 0.507 e. The summed E-state index contributed by atoms with van der Waals surface area (Å²) in [5.41, 5.74) is 1.44. The van der Waals surface area contributed by atoms with Gasteiger partial charge in [-0.15, -0.1) is 0 Å². The molecule has 0 aromatic heterocycles. The molecule has 3 heteroatoms. The lowest BCUT2D eigenvalue weighted by Gasteiger charge is -2.09. The zero-order valence-electron chi connectivity index (χ0n) is 9.76. The number of amides is 1. The van der Waals surface area contributed by atoms with Crippen molar-refractivity contribution in [1.82, 2.24) is 5.32 Å². The number of para-hydroxylation sites is 1. The number of aromatic hydroxyl groups is 1. The zero-order chi connectivity index (χ0) is 13.0. The van der Waals surface area contributed by atoms with Crippen LogP contribution in [0.1, 0.15) is 15.9 Å². The van der Waals surface area contributed by atoms with Crippen molar-refractivity contribution in [3.8, 4) is 5.75 Å². The van der Waals surface area contributed by atoms with Crippen LogP contribution in [-0.4, -0.2) is 11.0 Å². The number of rotatable bonds is 3. The first-order valence-electron chi connectivity index (χ1n) is 5.52. The van der Waals surface area contributed by atoms with Crippen molar-refractivity contribution in [2.45, 2.75) is 0 Å². The summed E-state index contributed by atoms with van der Waals surface area (Å²) in [5.74, 6) is -0.153. The van der Waals surface area contributed by atoms with Crippen LogP contribution in [0.25, 0.3) is 5.70 Å². The van der Waals surface area contributed by atoms with E-state index in [9.17, 15) is 9.90 Å². The van der Waals surface area contributed by atoms with E-state index < -0.39 is 0 Å². The summed E-state index contributed by atoms with van der Waals surface area (Å²) in [7, 11) is 0. The van der Waals surface area contributed by atoms with Gasteiger partial charge in [0, 0.05) is 16.8 Å². The van der Waals surface area contributed by atoms with Crippen molar-refractivity contribution in [3.05, 3.63) is 72.3 Å². The van der Waals surface area contributed by atoms with Crippen LogP contribution in [0.3, 0.4) is 0 Å². The van der Waals surface area contributed by atoms with Gasteiger partial charge in [-0.2, -0.15) is 0 Å². The van der Waals surface area contributed by atoms with Gasteiger partial charge in [-0.25, -0.2) is 0 Å². The number of hydrogen-bond acceptors (Lipinski definition) is 2. The second-order valence-electron chi connectivity index (χ2n) is 3.82. The van der Waals surface area contributed by atoms with Crippen molar-refractivity contribution in [2.75, 3.05) is 0 Å². The monoisotopic (exact) mass is 239 g/mol. The summed E-state index contributed by atoms with van der Waals surface area (Å²) in [5, 5.41) is 12.3. The standard InChI is InChI=1S/C15H13NO2/c1-11(13-9-5-6-10-14(13)17)16-15(18)12-7-3-2-4-8-12/h2-10,17H,1H2,(H,16,18). The van der Waals surface area contributed by atoms with E-state index in [2.05, 4.69) is 11.9 Å². The lowest BCUT2D eigenvalue weighted by atomic mass is 10.1. The molecule has 0 heterocycles. The summed E-state index contributed by atoms with van der Waals surface area (Å²) >= 11 is 0. The molecule has 0 fully saturated rings. The SMILES string of the molecule is C=C(NC(=O)c1ccccc1)c1ccccc1O. The first-order valence-corrected chi connectivity index (χ1v) is 5.52. The molecule has 18 heavy (non-hydrogen) atoms. The Morgan fingerprint density at radius 2 is 1.61 bits per heavy atom. The van der Waals surface area contributed by atoms with Crippen LogP contribution in [0.4, 0.5) is 0 Å². The maximum Gasteiger partial charge on any atom is 0.255 e. The van der Waals surface area contributed by atoms with Crippen LogP contribution in [0.2, 0.25) is 0 Å². The second kappa shape index (κ2) is 5.19. The molecule has 0 aliphatic rings. The molecule has 2 N–H and O–H groups in total. The van der Waals surface area contributed by atoms with Crippen LogP contribution in [-0.2, 0) is 0 Å². The Morgan fingerprint density at radius 3 is 2.28 bits per heavy atom. The van der Waals surface area contributed by atoms with Crippen molar-refractivity contribution in [2.24, 2.45) is 0 Å². The zero-order valence-corrected chi connectivity index (χ0v) is 9.76. The molecule has 2 aromatic carbocycles. The molecule has 0 bridgehead atoms. The van der Waals surface area contributed by atoms with E-state index in [1.165, 1.54) is 0 Å². The third-order valence-corrected chi connectivity index (χ3v) is 2.53. The molecule has 0 saturated heterocycles. The topological polar surface area (TPSA) is 49.3 Å². The van der Waals surface area contributed by atoms with Crippen LogP contribution in [0, 0.1) is 0 Å². The van der Waals surface area contributed by atoms with Gasteiger partial charge in [0.05, 0.1) is 0 Å². The Balaban J connectivity index is 2.14. The van der Waals surface area contributed by atoms with E-state index in [4.69, 9.17) is 0 Å². The molecule has 90 valence electrons. The van der Waals surface area contributed by atoms with Gasteiger partial charge in [-0.05, 0) is 24.3 Å². The number of benzene rings is 2. The van der Waals surface area contributed by atoms with E-state index in [1.807, 2.05) is 6.07 Å². The number of phenolic OH excluding ortho intramolecular Hbond substituents is 1. The summed E-state index contributed by atoms with van der Waals surface area (Å²) in [6, 6.07) is 15.6. The van der Waals surface area contributed by atoms with Crippen molar-refractivity contribution < 1.29 is 9.90 Å². The average molecular weight is 239 g/mol. The molecule has 0 radical (unpaired) electrons. The van der Waals surface area contributed by atoms with Gasteiger partial charge >= 0.3 is 0 Å². The Labute approximate surface area is 105 Å². The molecular weight excluding hydrogens is 226 g/mol. The molecule has 1 amide bonds. The molecule has 0 aliphatic carbocycles. The lowest BCUT2D eigenvalue weighted by molar-refractivity contribution is 0.0974. The fourth-order valence-corrected chi connectivity index (χ4v) is 1.59. The number of hydrogen-bond donors (Lipinski definition) is 2. The predicted molar refractivity (Wildman–Crippen MR) is 71.0 cm³/mol. The summed E-state index contributed by atoms with van der Waals surface area (Å²) in [6.07, 6.45) is 0. The van der Waals surface area contributed by atoms with Crippen LogP contribution in [0.15, 0.2) is 61.2 Å². The molecule has 0 spiro atoms. The van der Waals surface area contributed by atoms with Crippen molar-refractivity contribution in [3.63, 3.8) is 0 Å². The van der Waals surface area contributed by atoms with E-state index in [-0.39, 0.29) is 11.7 Å². The number of carbonyl (C=O) groups is 1. The highest BCUT2D eigenvalue weighted by Gasteiger charge is 2.09. The third kappa shape index (κ3) is 2.58. The summed E-state index contributed by atoms with van der Waals surface area (Å²) in [6.45, 7) is 3.76. The van der Waals surface area contributed by atoms with Crippen LogP contribution < -0.4 is 5.32 Å². The quantitative estimate of drug-likeness (QED) is 0.865. The third-order valence-electron chi connectivity index (χ3n) is 2.53.